The van der Waals surface area contributed by atoms with Gasteiger partial charge in [-0.2, -0.15) is 0 Å². The third-order valence-electron chi connectivity index (χ3n) is 3.68. The van der Waals surface area contributed by atoms with Crippen LogP contribution in [0.1, 0.15) is 18.7 Å². The number of aromatic nitrogens is 1. The molecular weight excluding hydrogens is 389 g/mol. The van der Waals surface area contributed by atoms with Crippen molar-refractivity contribution in [1.29, 1.82) is 0 Å². The van der Waals surface area contributed by atoms with E-state index in [1.807, 2.05) is 38.1 Å². The van der Waals surface area contributed by atoms with E-state index in [1.54, 1.807) is 6.07 Å². The molecule has 1 aromatic heterocycles. The maximum Gasteiger partial charge on any atom is 0.308 e. The van der Waals surface area contributed by atoms with Crippen LogP contribution >= 0.6 is 22.9 Å². The minimum absolute atomic E-state index is 0.00901. The Hall–Kier alpha value is -2.44. The molecule has 0 atom stereocenters. The molecule has 0 radical (unpaired) electrons. The number of benzene rings is 2. The van der Waals surface area contributed by atoms with Crippen LogP contribution in [-0.2, 0) is 11.2 Å². The highest BCUT2D eigenvalue weighted by Crippen LogP contribution is 2.36. The van der Waals surface area contributed by atoms with Gasteiger partial charge in [-0.15, -0.1) is 11.3 Å². The molecule has 0 spiro atoms. The third kappa shape index (κ3) is 4.64. The molecule has 0 saturated heterocycles. The fourth-order valence-electron chi connectivity index (χ4n) is 2.55. The zero-order valence-electron chi connectivity index (χ0n) is 14.7. The van der Waals surface area contributed by atoms with Crippen LogP contribution in [0.2, 0.25) is 5.02 Å². The average molecular weight is 406 g/mol. The third-order valence-corrected chi connectivity index (χ3v) is 5.09. The summed E-state index contributed by atoms with van der Waals surface area (Å²) in [5.74, 6) is -0.794. The van der Waals surface area contributed by atoms with Crippen LogP contribution in [0.3, 0.4) is 0 Å². The van der Waals surface area contributed by atoms with E-state index in [1.165, 1.54) is 23.5 Å². The SMILES string of the molecule is CC(C)Oc1ccc(-c2nc(-c3ccc(Cl)c(F)c3)c(CC(=O)O)s2)cc1. The topological polar surface area (TPSA) is 59.4 Å². The first kappa shape index (κ1) is 19.3. The summed E-state index contributed by atoms with van der Waals surface area (Å²) < 4.78 is 19.5. The lowest BCUT2D eigenvalue weighted by atomic mass is 10.1. The van der Waals surface area contributed by atoms with Gasteiger partial charge in [-0.3, -0.25) is 4.79 Å². The summed E-state index contributed by atoms with van der Waals surface area (Å²) in [5, 5.41) is 9.87. The molecule has 140 valence electrons. The van der Waals surface area contributed by atoms with Crippen molar-refractivity contribution >= 4 is 28.9 Å². The van der Waals surface area contributed by atoms with Crippen molar-refractivity contribution < 1.29 is 19.0 Å². The van der Waals surface area contributed by atoms with Gasteiger partial charge in [-0.25, -0.2) is 9.37 Å². The van der Waals surface area contributed by atoms with E-state index in [4.69, 9.17) is 16.3 Å². The highest BCUT2D eigenvalue weighted by Gasteiger charge is 2.18. The fourth-order valence-corrected chi connectivity index (χ4v) is 3.75. The molecule has 1 N–H and O–H groups in total. The zero-order chi connectivity index (χ0) is 19.6. The Morgan fingerprint density at radius 1 is 1.22 bits per heavy atom. The van der Waals surface area contributed by atoms with Crippen LogP contribution in [0.5, 0.6) is 5.75 Å². The first-order valence-corrected chi connectivity index (χ1v) is 9.47. The number of nitrogens with zero attached hydrogens (tertiary/aromatic N) is 1. The fraction of sp³-hybridized carbons (Fsp3) is 0.200. The number of carboxylic acid groups (broad SMARTS) is 1. The molecule has 3 aromatic rings. The molecule has 0 aliphatic heterocycles. The van der Waals surface area contributed by atoms with Gasteiger partial charge >= 0.3 is 5.97 Å². The molecule has 0 bridgehead atoms. The molecule has 4 nitrogen and oxygen atoms in total. The van der Waals surface area contributed by atoms with E-state index in [0.29, 0.717) is 21.1 Å². The Morgan fingerprint density at radius 2 is 1.89 bits per heavy atom. The quantitative estimate of drug-likeness (QED) is 0.572. The van der Waals surface area contributed by atoms with Gasteiger partial charge in [-0.05, 0) is 50.2 Å². The van der Waals surface area contributed by atoms with E-state index in [9.17, 15) is 14.3 Å². The van der Waals surface area contributed by atoms with Crippen molar-refractivity contribution in [2.75, 3.05) is 0 Å². The number of thiazole rings is 1. The summed E-state index contributed by atoms with van der Waals surface area (Å²) in [6, 6.07) is 11.8. The summed E-state index contributed by atoms with van der Waals surface area (Å²) in [4.78, 5) is 16.4. The van der Waals surface area contributed by atoms with Gasteiger partial charge < -0.3 is 9.84 Å². The van der Waals surface area contributed by atoms with Gasteiger partial charge in [0.15, 0.2) is 0 Å². The van der Waals surface area contributed by atoms with Crippen LogP contribution in [0.15, 0.2) is 42.5 Å². The van der Waals surface area contributed by atoms with Gasteiger partial charge in [0.2, 0.25) is 0 Å². The van der Waals surface area contributed by atoms with Crippen LogP contribution < -0.4 is 4.74 Å². The van der Waals surface area contributed by atoms with Crippen molar-refractivity contribution in [3.63, 3.8) is 0 Å². The number of carboxylic acids is 1. The van der Waals surface area contributed by atoms with Crippen LogP contribution in [0, 0.1) is 5.82 Å². The second kappa shape index (κ2) is 8.06. The van der Waals surface area contributed by atoms with Crippen LogP contribution in [-0.4, -0.2) is 22.2 Å². The minimum atomic E-state index is -0.971. The summed E-state index contributed by atoms with van der Waals surface area (Å²) >= 11 is 7.02. The van der Waals surface area contributed by atoms with E-state index in [2.05, 4.69) is 4.98 Å². The molecule has 0 fully saturated rings. The lowest BCUT2D eigenvalue weighted by Gasteiger charge is -2.09. The van der Waals surface area contributed by atoms with Crippen molar-refractivity contribution in [2.45, 2.75) is 26.4 Å². The normalized spacial score (nSPS) is 11.0. The Bertz CT molecular complexity index is 970. The summed E-state index contributed by atoms with van der Waals surface area (Å²) in [7, 11) is 0. The molecule has 0 amide bonds. The molecule has 0 saturated carbocycles. The second-order valence-electron chi connectivity index (χ2n) is 6.18. The first-order valence-electron chi connectivity index (χ1n) is 8.27. The second-order valence-corrected chi connectivity index (χ2v) is 7.67. The van der Waals surface area contributed by atoms with Crippen molar-refractivity contribution in [3.8, 4) is 27.6 Å². The highest BCUT2D eigenvalue weighted by molar-refractivity contribution is 7.15. The molecule has 3 rings (SSSR count). The molecule has 2 aromatic carbocycles. The first-order chi connectivity index (χ1) is 12.8. The van der Waals surface area contributed by atoms with Gasteiger partial charge in [0.25, 0.3) is 0 Å². The molecule has 0 aliphatic rings. The number of rotatable bonds is 6. The Labute approximate surface area is 165 Å². The van der Waals surface area contributed by atoms with Crippen LogP contribution in [0.25, 0.3) is 21.8 Å². The lowest BCUT2D eigenvalue weighted by Crippen LogP contribution is -2.05. The van der Waals surface area contributed by atoms with Crippen molar-refractivity contribution in [3.05, 3.63) is 58.2 Å². The molecule has 0 aliphatic carbocycles. The number of ether oxygens (including phenoxy) is 1. The van der Waals surface area contributed by atoms with Gasteiger partial charge in [0.1, 0.15) is 16.6 Å². The Balaban J connectivity index is 2.00. The smallest absolute Gasteiger partial charge is 0.308 e. The van der Waals surface area contributed by atoms with E-state index in [0.717, 1.165) is 11.3 Å². The van der Waals surface area contributed by atoms with Crippen molar-refractivity contribution in [2.24, 2.45) is 0 Å². The number of carbonyl (C=O) groups is 1. The maximum absolute atomic E-state index is 13.9. The largest absolute Gasteiger partial charge is 0.491 e. The van der Waals surface area contributed by atoms with Gasteiger partial charge in [-0.1, -0.05) is 17.7 Å². The van der Waals surface area contributed by atoms with Gasteiger partial charge in [0, 0.05) is 16.0 Å². The molecule has 27 heavy (non-hydrogen) atoms. The van der Waals surface area contributed by atoms with E-state index < -0.39 is 11.8 Å². The molecule has 7 heteroatoms. The Kier molecular flexibility index (Phi) is 5.77. The monoisotopic (exact) mass is 405 g/mol. The predicted octanol–water partition coefficient (Wildman–Crippen LogP) is 5.68. The maximum atomic E-state index is 13.9. The van der Waals surface area contributed by atoms with Crippen LogP contribution in [0.4, 0.5) is 4.39 Å². The highest BCUT2D eigenvalue weighted by atomic mass is 35.5. The van der Waals surface area contributed by atoms with Crippen molar-refractivity contribution in [1.82, 2.24) is 4.98 Å². The van der Waals surface area contributed by atoms with E-state index in [-0.39, 0.29) is 17.5 Å². The summed E-state index contributed by atoms with van der Waals surface area (Å²) in [6.45, 7) is 3.90. The molecule has 1 heterocycles. The molecular formula is C20H17ClFNO3S. The number of hydrogen-bond acceptors (Lipinski definition) is 4. The predicted molar refractivity (Wildman–Crippen MR) is 105 cm³/mol. The zero-order valence-corrected chi connectivity index (χ0v) is 16.3. The lowest BCUT2D eigenvalue weighted by molar-refractivity contribution is -0.136. The van der Waals surface area contributed by atoms with Gasteiger partial charge in [0.05, 0.1) is 23.2 Å². The number of hydrogen-bond donors (Lipinski definition) is 1. The minimum Gasteiger partial charge on any atom is -0.491 e. The summed E-state index contributed by atoms with van der Waals surface area (Å²) in [5.41, 5.74) is 1.79. The number of aliphatic carboxylic acids is 1. The summed E-state index contributed by atoms with van der Waals surface area (Å²) in [6.07, 6.45) is -0.115. The van der Waals surface area contributed by atoms with E-state index >= 15 is 0 Å². The number of halogens is 2. The standard InChI is InChI=1S/C20H17ClFNO3S/c1-11(2)26-14-6-3-12(4-7-14)20-23-19(17(27-20)10-18(24)25)13-5-8-15(21)16(22)9-13/h3-9,11H,10H2,1-2H3,(H,24,25). The molecule has 0 unspecified atom stereocenters. The average Bonchev–Trinajstić information content (AvgIpc) is 3.00. The Morgan fingerprint density at radius 3 is 2.48 bits per heavy atom.